The van der Waals surface area contributed by atoms with Gasteiger partial charge in [-0.3, -0.25) is 5.32 Å². The van der Waals surface area contributed by atoms with E-state index in [4.69, 9.17) is 4.74 Å². The Balaban J connectivity index is 1.41. The molecule has 206 valence electrons. The molecule has 4 atom stereocenters. The molecule has 1 aromatic rings. The van der Waals surface area contributed by atoms with Crippen LogP contribution in [0.5, 0.6) is 0 Å². The number of hydrogen-bond acceptors (Lipinski definition) is 6. The van der Waals surface area contributed by atoms with E-state index in [0.717, 1.165) is 44.9 Å². The highest BCUT2D eigenvalue weighted by Gasteiger charge is 2.50. The maximum atomic E-state index is 12.8. The number of fused-ring (bicyclic) bond motifs is 1. The van der Waals surface area contributed by atoms with Crippen molar-refractivity contribution in [1.82, 2.24) is 15.3 Å². The number of nitrogens with zero attached hydrogens (tertiary/aromatic N) is 3. The summed E-state index contributed by atoms with van der Waals surface area (Å²) in [5, 5.41) is 15.9. The Bertz CT molecular complexity index is 1090. The number of aromatic nitrogens is 2. The molecular weight excluding hydrogens is 482 g/mol. The van der Waals surface area contributed by atoms with Crippen LogP contribution in [-0.2, 0) is 9.53 Å². The minimum Gasteiger partial charge on any atom is -0.479 e. The minimum atomic E-state index is -0.936. The number of allylic oxidation sites excluding steroid dienone is 2. The van der Waals surface area contributed by atoms with E-state index in [1.165, 1.54) is 32.0 Å². The van der Waals surface area contributed by atoms with E-state index in [1.807, 2.05) is 24.1 Å². The summed E-state index contributed by atoms with van der Waals surface area (Å²) in [4.78, 5) is 35.9. The van der Waals surface area contributed by atoms with E-state index in [1.54, 1.807) is 0 Å². The molecule has 1 saturated heterocycles. The Morgan fingerprint density at radius 1 is 1.16 bits per heavy atom. The molecule has 3 fully saturated rings. The van der Waals surface area contributed by atoms with Crippen LogP contribution in [-0.4, -0.2) is 45.4 Å². The minimum absolute atomic E-state index is 0.00374. The van der Waals surface area contributed by atoms with Crippen molar-refractivity contribution in [2.45, 2.75) is 103 Å². The van der Waals surface area contributed by atoms with Gasteiger partial charge in [0.25, 0.3) is 0 Å². The van der Waals surface area contributed by atoms with Crippen molar-refractivity contribution < 1.29 is 19.4 Å². The monoisotopic (exact) mass is 523 g/mol. The number of rotatable bonds is 6. The smallest absolute Gasteiger partial charge is 0.333 e. The van der Waals surface area contributed by atoms with Crippen LogP contribution in [0.25, 0.3) is 5.57 Å². The van der Waals surface area contributed by atoms with Crippen LogP contribution >= 0.6 is 0 Å². The van der Waals surface area contributed by atoms with Gasteiger partial charge in [0.1, 0.15) is 24.2 Å². The summed E-state index contributed by atoms with van der Waals surface area (Å²) in [6, 6.07) is -0.115. The molecule has 0 radical (unpaired) electrons. The maximum absolute atomic E-state index is 12.8. The normalized spacial score (nSPS) is 29.1. The third-order valence-corrected chi connectivity index (χ3v) is 9.11. The number of carboxylic acid groups (broad SMARTS) is 1. The van der Waals surface area contributed by atoms with Gasteiger partial charge in [0.2, 0.25) is 0 Å². The fourth-order valence-corrected chi connectivity index (χ4v) is 6.95. The van der Waals surface area contributed by atoms with Crippen LogP contribution < -0.4 is 15.5 Å². The first-order valence-electron chi connectivity index (χ1n) is 14.2. The van der Waals surface area contributed by atoms with E-state index in [2.05, 4.69) is 34.1 Å². The van der Waals surface area contributed by atoms with Crippen LogP contribution in [0, 0.1) is 17.3 Å². The van der Waals surface area contributed by atoms with E-state index >= 15 is 0 Å². The molecule has 3 heterocycles. The largest absolute Gasteiger partial charge is 0.479 e. The lowest BCUT2D eigenvalue weighted by Crippen LogP contribution is -2.41. The van der Waals surface area contributed by atoms with Crippen molar-refractivity contribution in [2.24, 2.45) is 17.3 Å². The Kier molecular flexibility index (Phi) is 7.75. The summed E-state index contributed by atoms with van der Waals surface area (Å²) < 4.78 is 6.27. The third-order valence-electron chi connectivity index (χ3n) is 9.11. The molecule has 0 bridgehead atoms. The molecule has 9 heteroatoms. The molecule has 2 aliphatic heterocycles. The first-order valence-corrected chi connectivity index (χ1v) is 14.2. The number of nitrogens with one attached hydrogen (secondary N) is 2. The zero-order chi connectivity index (χ0) is 26.9. The number of urea groups is 1. The topological polar surface area (TPSA) is 117 Å². The van der Waals surface area contributed by atoms with Gasteiger partial charge in [0, 0.05) is 24.1 Å². The predicted octanol–water partition coefficient (Wildman–Crippen LogP) is 5.70. The van der Waals surface area contributed by atoms with Crippen LogP contribution in [0.3, 0.4) is 0 Å². The van der Waals surface area contributed by atoms with E-state index in [-0.39, 0.29) is 29.3 Å². The summed E-state index contributed by atoms with van der Waals surface area (Å²) in [6.45, 7) is 8.51. The zero-order valence-electron chi connectivity index (χ0n) is 22.6. The average molecular weight is 524 g/mol. The average Bonchev–Trinajstić information content (AvgIpc) is 3.20. The molecule has 0 spiro atoms. The predicted molar refractivity (Wildman–Crippen MR) is 146 cm³/mol. The molecule has 1 aromatic heterocycles. The van der Waals surface area contributed by atoms with Gasteiger partial charge in [0.05, 0.1) is 5.56 Å². The lowest BCUT2D eigenvalue weighted by atomic mass is 9.68. The maximum Gasteiger partial charge on any atom is 0.333 e. The fraction of sp³-hybridized carbons (Fsp3) is 0.655. The summed E-state index contributed by atoms with van der Waals surface area (Å²) in [5.41, 5.74) is 1.47. The van der Waals surface area contributed by atoms with Crippen molar-refractivity contribution in [3.05, 3.63) is 30.7 Å². The number of carbonyl (C=O) groups excluding carboxylic acids is 1. The highest BCUT2D eigenvalue weighted by Crippen LogP contribution is 2.49. The van der Waals surface area contributed by atoms with Gasteiger partial charge in [-0.1, -0.05) is 59.0 Å². The second kappa shape index (κ2) is 11.0. The quantitative estimate of drug-likeness (QED) is 0.438. The molecule has 38 heavy (non-hydrogen) atoms. The van der Waals surface area contributed by atoms with Gasteiger partial charge in [0.15, 0.2) is 6.10 Å². The second-order valence-electron chi connectivity index (χ2n) is 12.0. The molecule has 2 amide bonds. The van der Waals surface area contributed by atoms with Crippen molar-refractivity contribution in [1.29, 1.82) is 0 Å². The summed E-state index contributed by atoms with van der Waals surface area (Å²) in [5.74, 6) is -0.126. The molecule has 4 unspecified atom stereocenters. The number of hydrogen-bond donors (Lipinski definition) is 3. The Labute approximate surface area is 225 Å². The fourth-order valence-electron chi connectivity index (χ4n) is 6.95. The molecule has 0 aromatic carbocycles. The number of anilines is 2. The summed E-state index contributed by atoms with van der Waals surface area (Å²) in [6.07, 6.45) is 16.1. The van der Waals surface area contributed by atoms with Gasteiger partial charge in [-0.05, 0) is 49.2 Å². The lowest BCUT2D eigenvalue weighted by Gasteiger charge is -2.40. The third kappa shape index (κ3) is 5.44. The van der Waals surface area contributed by atoms with Crippen LogP contribution in [0.2, 0.25) is 0 Å². The second-order valence-corrected chi connectivity index (χ2v) is 12.0. The molecule has 2 saturated carbocycles. The number of aliphatic carboxylic acids is 1. The van der Waals surface area contributed by atoms with E-state index in [9.17, 15) is 14.7 Å². The van der Waals surface area contributed by atoms with Crippen molar-refractivity contribution in [3.8, 4) is 0 Å². The van der Waals surface area contributed by atoms with Gasteiger partial charge in [-0.25, -0.2) is 19.6 Å². The SMILES string of the molecule is C=C1C=CN(C2OC(C(=O)O)C(C)C2CC2(C)CCCCC2)c2ncnc(NC(=O)NC3CCCCC3)c21. The number of amides is 2. The standard InChI is InChI=1S/C29H41N5O4/c1-18-12-15-34(25-22(18)24(30-17-31-25)33-28(37)32-20-10-6-4-7-11-20)26-21(19(2)23(38-26)27(35)36)16-29(3)13-8-5-9-14-29/h12,15,17,19-21,23,26H,1,4-11,13-14,16H2,2-3H3,(H,35,36)(H2,30,31,32,33,37). The van der Waals surface area contributed by atoms with Gasteiger partial charge >= 0.3 is 12.0 Å². The zero-order valence-corrected chi connectivity index (χ0v) is 22.6. The number of ether oxygens (including phenoxy) is 1. The van der Waals surface area contributed by atoms with Crippen LogP contribution in [0.15, 0.2) is 25.2 Å². The highest BCUT2D eigenvalue weighted by atomic mass is 16.5. The Morgan fingerprint density at radius 2 is 1.87 bits per heavy atom. The van der Waals surface area contributed by atoms with Gasteiger partial charge < -0.3 is 20.1 Å². The molecular formula is C29H41N5O4. The molecule has 9 nitrogen and oxygen atoms in total. The van der Waals surface area contributed by atoms with Crippen molar-refractivity contribution in [2.75, 3.05) is 10.2 Å². The summed E-state index contributed by atoms with van der Waals surface area (Å²) in [7, 11) is 0. The van der Waals surface area contributed by atoms with Crippen LogP contribution in [0.4, 0.5) is 16.4 Å². The Morgan fingerprint density at radius 3 is 2.58 bits per heavy atom. The first kappa shape index (κ1) is 26.7. The number of carbonyl (C=O) groups is 2. The number of carboxylic acids is 1. The molecule has 2 aliphatic carbocycles. The van der Waals surface area contributed by atoms with E-state index < -0.39 is 18.3 Å². The van der Waals surface area contributed by atoms with Gasteiger partial charge in [-0.2, -0.15) is 0 Å². The van der Waals surface area contributed by atoms with Gasteiger partial charge in [-0.15, -0.1) is 0 Å². The van der Waals surface area contributed by atoms with E-state index in [0.29, 0.717) is 22.8 Å². The lowest BCUT2D eigenvalue weighted by molar-refractivity contribution is -0.150. The first-order chi connectivity index (χ1) is 18.3. The summed E-state index contributed by atoms with van der Waals surface area (Å²) >= 11 is 0. The molecule has 3 N–H and O–H groups in total. The Hall–Kier alpha value is -2.94. The molecule has 5 rings (SSSR count). The van der Waals surface area contributed by atoms with Crippen molar-refractivity contribution in [3.63, 3.8) is 0 Å². The van der Waals surface area contributed by atoms with Crippen molar-refractivity contribution >= 4 is 29.2 Å². The highest BCUT2D eigenvalue weighted by molar-refractivity contribution is 5.96. The molecule has 4 aliphatic rings. The van der Waals surface area contributed by atoms with Crippen LogP contribution in [0.1, 0.15) is 90.0 Å².